The minimum absolute atomic E-state index is 0.0864. The van der Waals surface area contributed by atoms with Crippen LogP contribution in [0.25, 0.3) is 5.69 Å². The SMILES string of the molecule is COc1ccc(-n2nnc(C(=O)NS(=O)(=O)c3cc(OC)ccc3Cl)c2C(F)(F)F)c(Cl)c1. The Morgan fingerprint density at radius 1 is 1.03 bits per heavy atom. The van der Waals surface area contributed by atoms with Gasteiger partial charge in [-0.3, -0.25) is 4.79 Å². The summed E-state index contributed by atoms with van der Waals surface area (Å²) in [6.07, 6.45) is -5.16. The van der Waals surface area contributed by atoms with Gasteiger partial charge >= 0.3 is 6.18 Å². The zero-order valence-electron chi connectivity index (χ0n) is 16.6. The number of aromatic nitrogens is 3. The van der Waals surface area contributed by atoms with Crippen LogP contribution in [0.3, 0.4) is 0 Å². The van der Waals surface area contributed by atoms with Crippen molar-refractivity contribution in [1.29, 1.82) is 0 Å². The van der Waals surface area contributed by atoms with Crippen molar-refractivity contribution in [3.05, 3.63) is 57.8 Å². The number of sulfonamides is 1. The first-order valence-electron chi connectivity index (χ1n) is 8.66. The Balaban J connectivity index is 2.06. The lowest BCUT2D eigenvalue weighted by Gasteiger charge is -2.13. The highest BCUT2D eigenvalue weighted by Crippen LogP contribution is 2.35. The summed E-state index contributed by atoms with van der Waals surface area (Å²) in [5.41, 5.74) is -3.20. The number of hydrogen-bond donors (Lipinski definition) is 1. The van der Waals surface area contributed by atoms with Crippen molar-refractivity contribution in [3.63, 3.8) is 0 Å². The first-order valence-corrected chi connectivity index (χ1v) is 10.9. The maximum absolute atomic E-state index is 13.8. The van der Waals surface area contributed by atoms with Crippen molar-refractivity contribution >= 4 is 39.1 Å². The van der Waals surface area contributed by atoms with Crippen molar-refractivity contribution in [2.45, 2.75) is 11.1 Å². The molecule has 0 bridgehead atoms. The number of nitrogens with one attached hydrogen (secondary N) is 1. The van der Waals surface area contributed by atoms with Gasteiger partial charge in [0.15, 0.2) is 11.4 Å². The number of amides is 1. The first-order chi connectivity index (χ1) is 15.4. The third kappa shape index (κ3) is 4.99. The number of ether oxygens (including phenoxy) is 2. The van der Waals surface area contributed by atoms with Crippen molar-refractivity contribution < 1.29 is 35.9 Å². The number of rotatable bonds is 6. The quantitative estimate of drug-likeness (QED) is 0.522. The number of alkyl halides is 3. The molecule has 3 aromatic rings. The van der Waals surface area contributed by atoms with E-state index < -0.39 is 38.4 Å². The van der Waals surface area contributed by atoms with Crippen LogP contribution in [0, 0.1) is 0 Å². The van der Waals surface area contributed by atoms with Crippen LogP contribution in [-0.4, -0.2) is 43.5 Å². The van der Waals surface area contributed by atoms with E-state index >= 15 is 0 Å². The normalized spacial score (nSPS) is 11.8. The van der Waals surface area contributed by atoms with Gasteiger partial charge in [0, 0.05) is 12.1 Å². The van der Waals surface area contributed by atoms with Crippen LogP contribution in [0.4, 0.5) is 13.2 Å². The van der Waals surface area contributed by atoms with Gasteiger partial charge in [0.2, 0.25) is 0 Å². The number of methoxy groups -OCH3 is 2. The van der Waals surface area contributed by atoms with Gasteiger partial charge in [0.25, 0.3) is 15.9 Å². The Bertz CT molecular complexity index is 1330. The summed E-state index contributed by atoms with van der Waals surface area (Å²) in [5, 5.41) is 6.12. The number of benzene rings is 2. The summed E-state index contributed by atoms with van der Waals surface area (Å²) in [6, 6.07) is 7.25. The zero-order valence-corrected chi connectivity index (χ0v) is 19.0. The van der Waals surface area contributed by atoms with Crippen molar-refractivity contribution in [2.24, 2.45) is 0 Å². The number of carbonyl (C=O) groups is 1. The van der Waals surface area contributed by atoms with E-state index in [1.165, 1.54) is 49.3 Å². The van der Waals surface area contributed by atoms with Crippen LogP contribution < -0.4 is 14.2 Å². The summed E-state index contributed by atoms with van der Waals surface area (Å²) in [5.74, 6) is -1.34. The highest BCUT2D eigenvalue weighted by atomic mass is 35.5. The van der Waals surface area contributed by atoms with Crippen LogP contribution >= 0.6 is 23.2 Å². The van der Waals surface area contributed by atoms with E-state index in [1.807, 2.05) is 0 Å². The molecule has 0 unspecified atom stereocenters. The summed E-state index contributed by atoms with van der Waals surface area (Å²) in [7, 11) is -2.11. The molecule has 0 saturated heterocycles. The van der Waals surface area contributed by atoms with Crippen LogP contribution in [0.1, 0.15) is 16.2 Å². The van der Waals surface area contributed by atoms with Gasteiger partial charge in [0.1, 0.15) is 16.4 Å². The predicted octanol–water partition coefficient (Wildman–Crippen LogP) is 3.73. The molecule has 1 heterocycles. The predicted molar refractivity (Wildman–Crippen MR) is 111 cm³/mol. The molecule has 15 heteroatoms. The third-order valence-electron chi connectivity index (χ3n) is 4.19. The first kappa shape index (κ1) is 24.6. The molecule has 0 spiro atoms. The Kier molecular flexibility index (Phi) is 6.77. The largest absolute Gasteiger partial charge is 0.497 e. The molecule has 3 rings (SSSR count). The number of nitrogens with zero attached hydrogens (tertiary/aromatic N) is 3. The molecule has 1 amide bonds. The van der Waals surface area contributed by atoms with Gasteiger partial charge in [-0.15, -0.1) is 5.10 Å². The number of carbonyl (C=O) groups excluding carboxylic acids is 1. The molecule has 0 saturated carbocycles. The van der Waals surface area contributed by atoms with Crippen LogP contribution in [-0.2, 0) is 16.2 Å². The Morgan fingerprint density at radius 2 is 1.64 bits per heavy atom. The lowest BCUT2D eigenvalue weighted by atomic mass is 10.2. The Morgan fingerprint density at radius 3 is 2.21 bits per heavy atom. The van der Waals surface area contributed by atoms with E-state index in [0.717, 1.165) is 6.07 Å². The van der Waals surface area contributed by atoms with Gasteiger partial charge < -0.3 is 9.47 Å². The summed E-state index contributed by atoms with van der Waals surface area (Å²) < 4.78 is 78.4. The number of hydrogen-bond acceptors (Lipinski definition) is 7. The van der Waals surface area contributed by atoms with Crippen LogP contribution in [0.5, 0.6) is 11.5 Å². The topological polar surface area (TPSA) is 112 Å². The molecular weight excluding hydrogens is 512 g/mol. The zero-order chi connectivity index (χ0) is 24.6. The number of halogens is 5. The second kappa shape index (κ2) is 9.08. The Labute approximate surface area is 195 Å². The van der Waals surface area contributed by atoms with Gasteiger partial charge in [0.05, 0.1) is 30.0 Å². The average Bonchev–Trinajstić information content (AvgIpc) is 3.19. The molecule has 0 fully saturated rings. The molecule has 0 atom stereocenters. The highest BCUT2D eigenvalue weighted by molar-refractivity contribution is 7.90. The molecule has 0 radical (unpaired) electrons. The maximum atomic E-state index is 13.8. The molecular formula is C18H13Cl2F3N4O5S. The molecule has 9 nitrogen and oxygen atoms in total. The van der Waals surface area contributed by atoms with Crippen molar-refractivity contribution in [2.75, 3.05) is 14.2 Å². The minimum atomic E-state index is -5.16. The lowest BCUT2D eigenvalue weighted by molar-refractivity contribution is -0.143. The smallest absolute Gasteiger partial charge is 0.435 e. The van der Waals surface area contributed by atoms with Crippen molar-refractivity contribution in [3.8, 4) is 17.2 Å². The molecule has 0 aliphatic rings. The van der Waals surface area contributed by atoms with E-state index in [1.54, 1.807) is 0 Å². The highest BCUT2D eigenvalue weighted by Gasteiger charge is 2.43. The van der Waals surface area contributed by atoms with Crippen LogP contribution in [0.15, 0.2) is 41.3 Å². The molecule has 1 N–H and O–H groups in total. The molecule has 2 aromatic carbocycles. The molecule has 0 aliphatic heterocycles. The molecule has 1 aromatic heterocycles. The van der Waals surface area contributed by atoms with E-state index in [4.69, 9.17) is 32.7 Å². The molecule has 33 heavy (non-hydrogen) atoms. The molecule has 176 valence electrons. The van der Waals surface area contributed by atoms with Gasteiger partial charge in [-0.2, -0.15) is 13.2 Å². The monoisotopic (exact) mass is 524 g/mol. The maximum Gasteiger partial charge on any atom is 0.435 e. The van der Waals surface area contributed by atoms with E-state index in [2.05, 4.69) is 10.3 Å². The fourth-order valence-corrected chi connectivity index (χ4v) is 4.41. The van der Waals surface area contributed by atoms with Gasteiger partial charge in [-0.05, 0) is 24.3 Å². The second-order valence-electron chi connectivity index (χ2n) is 6.24. The van der Waals surface area contributed by atoms with E-state index in [-0.39, 0.29) is 31.9 Å². The molecule has 0 aliphatic carbocycles. The van der Waals surface area contributed by atoms with Gasteiger partial charge in [-0.1, -0.05) is 28.4 Å². The van der Waals surface area contributed by atoms with Crippen LogP contribution in [0.2, 0.25) is 10.0 Å². The van der Waals surface area contributed by atoms with E-state index in [9.17, 15) is 26.4 Å². The summed E-state index contributed by atoms with van der Waals surface area (Å²) in [4.78, 5) is 12.0. The summed E-state index contributed by atoms with van der Waals surface area (Å²) >= 11 is 11.9. The third-order valence-corrected chi connectivity index (χ3v) is 6.31. The minimum Gasteiger partial charge on any atom is -0.497 e. The fraction of sp³-hybridized carbons (Fsp3) is 0.167. The average molecular weight is 525 g/mol. The second-order valence-corrected chi connectivity index (χ2v) is 8.71. The lowest BCUT2D eigenvalue weighted by Crippen LogP contribution is -2.33. The van der Waals surface area contributed by atoms with Crippen molar-refractivity contribution in [1.82, 2.24) is 19.7 Å². The van der Waals surface area contributed by atoms with E-state index in [0.29, 0.717) is 0 Å². The standard InChI is InChI=1S/C18H13Cl2F3N4O5S/c1-31-9-4-6-13(12(20)7-9)27-16(18(21,22)23)15(24-26-27)17(28)25-33(29,30)14-8-10(32-2)3-5-11(14)19/h3-8H,1-2H3,(H,25,28). The fourth-order valence-electron chi connectivity index (χ4n) is 2.69. The Hall–Kier alpha value is -3.03. The summed E-state index contributed by atoms with van der Waals surface area (Å²) in [6.45, 7) is 0. The van der Waals surface area contributed by atoms with Gasteiger partial charge in [-0.25, -0.2) is 17.8 Å².